The summed E-state index contributed by atoms with van der Waals surface area (Å²) in [5.74, 6) is 0.826. The Hall–Kier alpha value is -3.02. The number of hydrogen-bond donors (Lipinski definition) is 2. The first-order valence-electron chi connectivity index (χ1n) is 7.14. The molecule has 2 aromatic rings. The van der Waals surface area contributed by atoms with Gasteiger partial charge in [-0.1, -0.05) is 23.8 Å². The van der Waals surface area contributed by atoms with Gasteiger partial charge in [0, 0.05) is 5.56 Å². The van der Waals surface area contributed by atoms with Crippen LogP contribution in [0, 0.1) is 6.92 Å². The second kappa shape index (κ2) is 6.39. The van der Waals surface area contributed by atoms with Crippen molar-refractivity contribution in [2.75, 3.05) is 6.61 Å². The minimum atomic E-state index is -0.770. The summed E-state index contributed by atoms with van der Waals surface area (Å²) in [6.45, 7) is 2.02. The van der Waals surface area contributed by atoms with Crippen LogP contribution in [0.25, 0.3) is 0 Å². The van der Waals surface area contributed by atoms with E-state index in [0.29, 0.717) is 17.1 Å². The van der Waals surface area contributed by atoms with Crippen molar-refractivity contribution in [1.82, 2.24) is 5.43 Å². The van der Waals surface area contributed by atoms with Gasteiger partial charge < -0.3 is 14.6 Å². The van der Waals surface area contributed by atoms with Crippen molar-refractivity contribution in [2.45, 2.75) is 13.0 Å². The van der Waals surface area contributed by atoms with Crippen LogP contribution in [0.1, 0.15) is 11.1 Å². The van der Waals surface area contributed by atoms with Crippen LogP contribution in [-0.2, 0) is 4.79 Å². The van der Waals surface area contributed by atoms with Gasteiger partial charge in [0.1, 0.15) is 12.4 Å². The maximum Gasteiger partial charge on any atom is 0.284 e. The number of amides is 1. The SMILES string of the molecule is Cc1ccc(O)c(C=NNC(=O)C2COc3ccccc3O2)c1. The van der Waals surface area contributed by atoms with Crippen molar-refractivity contribution < 1.29 is 19.4 Å². The topological polar surface area (TPSA) is 80.2 Å². The lowest BCUT2D eigenvalue weighted by Crippen LogP contribution is -2.42. The number of hydrogen-bond acceptors (Lipinski definition) is 5. The fourth-order valence-electron chi connectivity index (χ4n) is 2.16. The molecule has 0 radical (unpaired) electrons. The standard InChI is InChI=1S/C17H16N2O4/c1-11-6-7-13(20)12(8-11)9-18-19-17(21)16-10-22-14-4-2-3-5-15(14)23-16/h2-9,16,20H,10H2,1H3,(H,19,21). The third-order valence-electron chi connectivity index (χ3n) is 3.36. The highest BCUT2D eigenvalue weighted by Gasteiger charge is 2.26. The molecular weight excluding hydrogens is 296 g/mol. The normalized spacial score (nSPS) is 16.3. The molecule has 0 saturated heterocycles. The molecule has 1 heterocycles. The Morgan fingerprint density at radius 2 is 2.09 bits per heavy atom. The van der Waals surface area contributed by atoms with Crippen molar-refractivity contribution in [3.05, 3.63) is 53.6 Å². The van der Waals surface area contributed by atoms with E-state index in [1.807, 2.05) is 13.0 Å². The number of rotatable bonds is 3. The van der Waals surface area contributed by atoms with Gasteiger partial charge >= 0.3 is 0 Å². The molecule has 1 atom stereocenters. The number of carbonyl (C=O) groups is 1. The zero-order chi connectivity index (χ0) is 16.2. The maximum absolute atomic E-state index is 12.1. The third kappa shape index (κ3) is 3.42. The average Bonchev–Trinajstić information content (AvgIpc) is 2.57. The van der Waals surface area contributed by atoms with Crippen molar-refractivity contribution in [1.29, 1.82) is 0 Å². The summed E-state index contributed by atoms with van der Waals surface area (Å²) in [6.07, 6.45) is 0.617. The van der Waals surface area contributed by atoms with Crippen molar-refractivity contribution >= 4 is 12.1 Å². The number of benzene rings is 2. The summed E-state index contributed by atoms with van der Waals surface area (Å²) in [6, 6.07) is 12.3. The van der Waals surface area contributed by atoms with Crippen LogP contribution in [0.2, 0.25) is 0 Å². The Kier molecular flexibility index (Phi) is 4.14. The Morgan fingerprint density at radius 3 is 2.91 bits per heavy atom. The van der Waals surface area contributed by atoms with Gasteiger partial charge in [-0.2, -0.15) is 5.10 Å². The fourth-order valence-corrected chi connectivity index (χ4v) is 2.16. The number of aromatic hydroxyl groups is 1. The molecule has 118 valence electrons. The molecule has 1 aliphatic heterocycles. The van der Waals surface area contributed by atoms with E-state index in [1.54, 1.807) is 36.4 Å². The number of nitrogens with one attached hydrogen (secondary N) is 1. The third-order valence-corrected chi connectivity index (χ3v) is 3.36. The monoisotopic (exact) mass is 312 g/mol. The molecule has 0 aliphatic carbocycles. The first-order chi connectivity index (χ1) is 11.1. The average molecular weight is 312 g/mol. The molecule has 0 aromatic heterocycles. The van der Waals surface area contributed by atoms with Crippen LogP contribution < -0.4 is 14.9 Å². The van der Waals surface area contributed by atoms with E-state index >= 15 is 0 Å². The van der Waals surface area contributed by atoms with Crippen LogP contribution in [-0.4, -0.2) is 29.9 Å². The van der Waals surface area contributed by atoms with E-state index in [0.717, 1.165) is 5.56 Å². The lowest BCUT2D eigenvalue weighted by Gasteiger charge is -2.24. The number of aryl methyl sites for hydroxylation is 1. The van der Waals surface area contributed by atoms with Crippen LogP contribution >= 0.6 is 0 Å². The quantitative estimate of drug-likeness (QED) is 0.671. The van der Waals surface area contributed by atoms with E-state index in [1.165, 1.54) is 6.21 Å². The van der Waals surface area contributed by atoms with Crippen LogP contribution in [0.5, 0.6) is 17.2 Å². The van der Waals surface area contributed by atoms with Gasteiger partial charge in [-0.05, 0) is 31.2 Å². The molecule has 2 N–H and O–H groups in total. The van der Waals surface area contributed by atoms with E-state index in [2.05, 4.69) is 10.5 Å². The Labute approximate surface area is 133 Å². The molecule has 0 bridgehead atoms. The van der Waals surface area contributed by atoms with Crippen molar-refractivity contribution in [2.24, 2.45) is 5.10 Å². The predicted molar refractivity (Wildman–Crippen MR) is 84.9 cm³/mol. The summed E-state index contributed by atoms with van der Waals surface area (Å²) in [7, 11) is 0. The summed E-state index contributed by atoms with van der Waals surface area (Å²) >= 11 is 0. The van der Waals surface area contributed by atoms with Crippen molar-refractivity contribution in [3.63, 3.8) is 0 Å². The first kappa shape index (κ1) is 14.9. The zero-order valence-electron chi connectivity index (χ0n) is 12.5. The Morgan fingerprint density at radius 1 is 1.30 bits per heavy atom. The van der Waals surface area contributed by atoms with E-state index in [4.69, 9.17) is 9.47 Å². The number of hydrazone groups is 1. The molecule has 0 spiro atoms. The molecular formula is C17H16N2O4. The highest BCUT2D eigenvalue weighted by Crippen LogP contribution is 2.30. The summed E-state index contributed by atoms with van der Waals surface area (Å²) in [5, 5.41) is 13.6. The molecule has 23 heavy (non-hydrogen) atoms. The molecule has 1 unspecified atom stereocenters. The number of phenolic OH excluding ortho intramolecular Hbond substituents is 1. The zero-order valence-corrected chi connectivity index (χ0v) is 12.5. The molecule has 2 aromatic carbocycles. The summed E-state index contributed by atoms with van der Waals surface area (Å²) in [4.78, 5) is 12.1. The van der Waals surface area contributed by atoms with Crippen LogP contribution in [0.4, 0.5) is 0 Å². The van der Waals surface area contributed by atoms with Crippen LogP contribution in [0.15, 0.2) is 47.6 Å². The van der Waals surface area contributed by atoms with Gasteiger partial charge in [0.05, 0.1) is 6.21 Å². The van der Waals surface area contributed by atoms with Crippen molar-refractivity contribution in [3.8, 4) is 17.2 Å². The largest absolute Gasteiger partial charge is 0.507 e. The van der Waals surface area contributed by atoms with E-state index in [-0.39, 0.29) is 12.4 Å². The second-order valence-corrected chi connectivity index (χ2v) is 5.16. The second-order valence-electron chi connectivity index (χ2n) is 5.16. The van der Waals surface area contributed by atoms with Gasteiger partial charge in [0.15, 0.2) is 11.5 Å². The summed E-state index contributed by atoms with van der Waals surface area (Å²) in [5.41, 5.74) is 3.90. The molecule has 0 fully saturated rings. The van der Waals surface area contributed by atoms with E-state index in [9.17, 15) is 9.90 Å². The lowest BCUT2D eigenvalue weighted by atomic mass is 10.1. The molecule has 1 aliphatic rings. The lowest BCUT2D eigenvalue weighted by molar-refractivity contribution is -0.130. The van der Waals surface area contributed by atoms with Gasteiger partial charge in [0.2, 0.25) is 6.10 Å². The minimum absolute atomic E-state index is 0.0970. The molecule has 6 nitrogen and oxygen atoms in total. The highest BCUT2D eigenvalue weighted by molar-refractivity contribution is 5.86. The number of para-hydroxylation sites is 2. The van der Waals surface area contributed by atoms with Gasteiger partial charge in [-0.3, -0.25) is 4.79 Å². The van der Waals surface area contributed by atoms with Gasteiger partial charge in [-0.25, -0.2) is 5.43 Å². The number of carbonyl (C=O) groups excluding carboxylic acids is 1. The smallest absolute Gasteiger partial charge is 0.284 e. The molecule has 1 amide bonds. The molecule has 0 saturated carbocycles. The molecule has 6 heteroatoms. The maximum atomic E-state index is 12.1. The number of fused-ring (bicyclic) bond motifs is 1. The summed E-state index contributed by atoms with van der Waals surface area (Å²) < 4.78 is 11.1. The van der Waals surface area contributed by atoms with Gasteiger partial charge in [-0.15, -0.1) is 0 Å². The number of nitrogens with zero attached hydrogens (tertiary/aromatic N) is 1. The van der Waals surface area contributed by atoms with E-state index < -0.39 is 12.0 Å². The minimum Gasteiger partial charge on any atom is -0.507 e. The predicted octanol–water partition coefficient (Wildman–Crippen LogP) is 1.99. The van der Waals surface area contributed by atoms with Crippen LogP contribution in [0.3, 0.4) is 0 Å². The first-order valence-corrected chi connectivity index (χ1v) is 7.14. The molecule has 3 rings (SSSR count). The highest BCUT2D eigenvalue weighted by atomic mass is 16.6. The number of ether oxygens (including phenoxy) is 2. The Balaban J connectivity index is 1.62. The van der Waals surface area contributed by atoms with Gasteiger partial charge in [0.25, 0.3) is 5.91 Å². The Bertz CT molecular complexity index is 758. The number of phenols is 1. The fraction of sp³-hybridized carbons (Fsp3) is 0.176.